The molecule has 1 aromatic heterocycles. The number of benzene rings is 2. The summed E-state index contributed by atoms with van der Waals surface area (Å²) in [5.41, 5.74) is 1.05. The molecule has 0 aliphatic heterocycles. The zero-order valence-corrected chi connectivity index (χ0v) is 10.2. The molecule has 0 spiro atoms. The Bertz CT molecular complexity index is 725. The fraction of sp³-hybridized carbons (Fsp3) is 0. The van der Waals surface area contributed by atoms with Gasteiger partial charge < -0.3 is 0 Å². The third-order valence-electron chi connectivity index (χ3n) is 2.84. The highest BCUT2D eigenvalue weighted by Crippen LogP contribution is 2.30. The van der Waals surface area contributed by atoms with E-state index in [1.54, 1.807) is 24.3 Å². The van der Waals surface area contributed by atoms with Gasteiger partial charge in [-0.05, 0) is 23.6 Å². The van der Waals surface area contributed by atoms with Gasteiger partial charge in [0.05, 0.1) is 5.69 Å². The molecule has 1 nitrogen and oxygen atoms in total. The molecule has 88 valence electrons. The summed E-state index contributed by atoms with van der Waals surface area (Å²) < 4.78 is 13.9. The summed E-state index contributed by atoms with van der Waals surface area (Å²) in [4.78, 5) is 4.26. The van der Waals surface area contributed by atoms with Crippen molar-refractivity contribution in [1.29, 1.82) is 0 Å². The van der Waals surface area contributed by atoms with Gasteiger partial charge in [-0.15, -0.1) is 0 Å². The highest BCUT2D eigenvalue weighted by molar-refractivity contribution is 6.30. The quantitative estimate of drug-likeness (QED) is 0.576. The fourth-order valence-corrected chi connectivity index (χ4v) is 2.23. The number of rotatable bonds is 1. The molecule has 0 aliphatic rings. The number of fused-ring (bicyclic) bond motifs is 1. The van der Waals surface area contributed by atoms with Crippen molar-refractivity contribution < 1.29 is 4.39 Å². The van der Waals surface area contributed by atoms with Gasteiger partial charge in [0.1, 0.15) is 11.0 Å². The molecular formula is C15H9ClFN. The van der Waals surface area contributed by atoms with Gasteiger partial charge in [0.15, 0.2) is 0 Å². The van der Waals surface area contributed by atoms with Crippen molar-refractivity contribution in [1.82, 2.24) is 4.98 Å². The molecule has 3 aromatic rings. The van der Waals surface area contributed by atoms with Crippen LogP contribution in [0.25, 0.3) is 22.0 Å². The first-order valence-electron chi connectivity index (χ1n) is 5.56. The van der Waals surface area contributed by atoms with E-state index >= 15 is 0 Å². The number of nitrogens with zero attached hydrogens (tertiary/aromatic N) is 1. The Morgan fingerprint density at radius 2 is 1.67 bits per heavy atom. The first-order valence-corrected chi connectivity index (χ1v) is 5.94. The Balaban J connectivity index is 2.39. The monoisotopic (exact) mass is 257 g/mol. The summed E-state index contributed by atoms with van der Waals surface area (Å²) in [6.45, 7) is 0. The van der Waals surface area contributed by atoms with Gasteiger partial charge in [-0.2, -0.15) is 0 Å². The maximum absolute atomic E-state index is 13.9. The van der Waals surface area contributed by atoms with Crippen LogP contribution < -0.4 is 0 Å². The van der Waals surface area contributed by atoms with E-state index in [1.165, 1.54) is 6.07 Å². The SMILES string of the molecule is Fc1ccccc1-c1nc(Cl)cc2ccccc12. The van der Waals surface area contributed by atoms with Crippen LogP contribution in [0.5, 0.6) is 0 Å². The minimum absolute atomic E-state index is 0.294. The molecule has 3 heteroatoms. The molecule has 0 bridgehead atoms. The molecule has 0 N–H and O–H groups in total. The summed E-state index contributed by atoms with van der Waals surface area (Å²) in [5, 5.41) is 2.22. The second kappa shape index (κ2) is 4.39. The lowest BCUT2D eigenvalue weighted by atomic mass is 10.0. The Morgan fingerprint density at radius 3 is 2.50 bits per heavy atom. The number of halogens is 2. The highest BCUT2D eigenvalue weighted by Gasteiger charge is 2.10. The third kappa shape index (κ3) is 1.85. The van der Waals surface area contributed by atoms with Gasteiger partial charge >= 0.3 is 0 Å². The minimum atomic E-state index is -0.294. The van der Waals surface area contributed by atoms with E-state index in [9.17, 15) is 4.39 Å². The molecule has 0 fully saturated rings. The number of hydrogen-bond acceptors (Lipinski definition) is 1. The largest absolute Gasteiger partial charge is 0.235 e. The van der Waals surface area contributed by atoms with Crippen molar-refractivity contribution in [2.24, 2.45) is 0 Å². The lowest BCUT2D eigenvalue weighted by molar-refractivity contribution is 0.631. The predicted molar refractivity (Wildman–Crippen MR) is 72.1 cm³/mol. The van der Waals surface area contributed by atoms with E-state index in [-0.39, 0.29) is 5.82 Å². The van der Waals surface area contributed by atoms with Crippen LogP contribution in [0.4, 0.5) is 4.39 Å². The third-order valence-corrected chi connectivity index (χ3v) is 3.03. The van der Waals surface area contributed by atoms with Gasteiger partial charge in [0.2, 0.25) is 0 Å². The first-order chi connectivity index (χ1) is 8.75. The van der Waals surface area contributed by atoms with Crippen molar-refractivity contribution in [2.45, 2.75) is 0 Å². The van der Waals surface area contributed by atoms with Crippen LogP contribution in [-0.2, 0) is 0 Å². The lowest BCUT2D eigenvalue weighted by Crippen LogP contribution is -1.90. The van der Waals surface area contributed by atoms with Crippen LogP contribution in [0.3, 0.4) is 0 Å². The van der Waals surface area contributed by atoms with Crippen molar-refractivity contribution >= 4 is 22.4 Å². The Morgan fingerprint density at radius 1 is 0.944 bits per heavy atom. The van der Waals surface area contributed by atoms with E-state index < -0.39 is 0 Å². The van der Waals surface area contributed by atoms with Crippen molar-refractivity contribution in [3.63, 3.8) is 0 Å². The van der Waals surface area contributed by atoms with Crippen molar-refractivity contribution in [2.75, 3.05) is 0 Å². The normalized spacial score (nSPS) is 10.8. The van der Waals surface area contributed by atoms with E-state index in [1.807, 2.05) is 24.3 Å². The Hall–Kier alpha value is -1.93. The zero-order chi connectivity index (χ0) is 12.5. The van der Waals surface area contributed by atoms with Crippen LogP contribution in [-0.4, -0.2) is 4.98 Å². The van der Waals surface area contributed by atoms with E-state index in [0.717, 1.165) is 10.8 Å². The van der Waals surface area contributed by atoms with Crippen LogP contribution in [0.15, 0.2) is 54.6 Å². The second-order valence-corrected chi connectivity index (χ2v) is 4.38. The Labute approximate surface area is 109 Å². The van der Waals surface area contributed by atoms with E-state index in [4.69, 9.17) is 11.6 Å². The van der Waals surface area contributed by atoms with Crippen LogP contribution >= 0.6 is 11.6 Å². The second-order valence-electron chi connectivity index (χ2n) is 3.99. The molecule has 0 aliphatic carbocycles. The Kier molecular flexibility index (Phi) is 2.73. The molecule has 0 amide bonds. The van der Waals surface area contributed by atoms with E-state index in [0.29, 0.717) is 16.4 Å². The van der Waals surface area contributed by atoms with Crippen LogP contribution in [0.2, 0.25) is 5.15 Å². The topological polar surface area (TPSA) is 12.9 Å². The van der Waals surface area contributed by atoms with Gasteiger partial charge in [-0.25, -0.2) is 9.37 Å². The summed E-state index contributed by atoms with van der Waals surface area (Å²) in [5.74, 6) is -0.294. The average molecular weight is 258 g/mol. The van der Waals surface area contributed by atoms with Gasteiger partial charge in [0.25, 0.3) is 0 Å². The van der Waals surface area contributed by atoms with Crippen LogP contribution in [0.1, 0.15) is 0 Å². The summed E-state index contributed by atoms with van der Waals surface area (Å²) in [7, 11) is 0. The molecule has 0 saturated carbocycles. The maximum Gasteiger partial charge on any atom is 0.132 e. The van der Waals surface area contributed by atoms with Gasteiger partial charge in [-0.3, -0.25) is 0 Å². The standard InChI is InChI=1S/C15H9ClFN/c16-14-9-10-5-1-2-6-11(10)15(18-14)12-7-3-4-8-13(12)17/h1-9H. The number of pyridine rings is 1. The fourth-order valence-electron chi connectivity index (χ4n) is 2.02. The molecule has 1 heterocycles. The molecule has 0 unspecified atom stereocenters. The number of hydrogen-bond donors (Lipinski definition) is 0. The molecule has 3 rings (SSSR count). The zero-order valence-electron chi connectivity index (χ0n) is 9.40. The highest BCUT2D eigenvalue weighted by atomic mass is 35.5. The van der Waals surface area contributed by atoms with Gasteiger partial charge in [-0.1, -0.05) is 48.0 Å². The molecule has 0 saturated heterocycles. The van der Waals surface area contributed by atoms with E-state index in [2.05, 4.69) is 4.98 Å². The predicted octanol–water partition coefficient (Wildman–Crippen LogP) is 4.69. The summed E-state index contributed by atoms with van der Waals surface area (Å²) in [6.07, 6.45) is 0. The molecule has 2 aromatic carbocycles. The smallest absolute Gasteiger partial charge is 0.132 e. The minimum Gasteiger partial charge on any atom is -0.235 e. The summed E-state index contributed by atoms with van der Waals surface area (Å²) in [6, 6.07) is 16.0. The molecule has 0 atom stereocenters. The maximum atomic E-state index is 13.9. The molecule has 18 heavy (non-hydrogen) atoms. The molecule has 0 radical (unpaired) electrons. The molecular weight excluding hydrogens is 249 g/mol. The lowest BCUT2D eigenvalue weighted by Gasteiger charge is -2.07. The van der Waals surface area contributed by atoms with Crippen molar-refractivity contribution in [3.05, 3.63) is 65.6 Å². The number of aromatic nitrogens is 1. The summed E-state index contributed by atoms with van der Waals surface area (Å²) >= 11 is 5.99. The van der Waals surface area contributed by atoms with Crippen molar-refractivity contribution in [3.8, 4) is 11.3 Å². The van der Waals surface area contributed by atoms with Gasteiger partial charge in [0, 0.05) is 10.9 Å². The average Bonchev–Trinajstić information content (AvgIpc) is 2.38. The van der Waals surface area contributed by atoms with Crippen LogP contribution in [0, 0.1) is 5.82 Å². The first kappa shape index (κ1) is 11.2.